The van der Waals surface area contributed by atoms with Crippen molar-refractivity contribution in [1.29, 1.82) is 0 Å². The maximum atomic E-state index is 11.4. The van der Waals surface area contributed by atoms with Crippen molar-refractivity contribution in [3.63, 3.8) is 0 Å². The predicted octanol–water partition coefficient (Wildman–Crippen LogP) is -1.18. The standard InChI is InChI=1S/C8H16N2O4S/c1-2-14-8(11)6-3-7(5-10-4-6)15(9,12)13/h6-7,10H,2-5H2,1H3,(H2,9,12,13)/t6-,7+/m0/s1. The Hall–Kier alpha value is -0.660. The van der Waals surface area contributed by atoms with Crippen LogP contribution in [0, 0.1) is 5.92 Å². The number of carbonyl (C=O) groups is 1. The SMILES string of the molecule is CCOC(=O)[C@@H]1CNC[C@H](S(N)(=O)=O)C1. The number of carbonyl (C=O) groups excluding carboxylic acids is 1. The Labute approximate surface area is 89.2 Å². The van der Waals surface area contributed by atoms with Gasteiger partial charge < -0.3 is 10.1 Å². The van der Waals surface area contributed by atoms with Gasteiger partial charge in [0.1, 0.15) is 0 Å². The van der Waals surface area contributed by atoms with E-state index in [0.29, 0.717) is 19.7 Å². The van der Waals surface area contributed by atoms with Crippen LogP contribution in [0.4, 0.5) is 0 Å². The van der Waals surface area contributed by atoms with Crippen molar-refractivity contribution in [2.24, 2.45) is 11.1 Å². The van der Waals surface area contributed by atoms with Gasteiger partial charge in [0.15, 0.2) is 0 Å². The minimum Gasteiger partial charge on any atom is -0.466 e. The third-order valence-corrected chi connectivity index (χ3v) is 3.68. The highest BCUT2D eigenvalue weighted by Gasteiger charge is 2.33. The first kappa shape index (κ1) is 12.4. The third-order valence-electron chi connectivity index (χ3n) is 2.39. The highest BCUT2D eigenvalue weighted by atomic mass is 32.2. The molecule has 3 N–H and O–H groups in total. The largest absolute Gasteiger partial charge is 0.466 e. The molecule has 1 heterocycles. The van der Waals surface area contributed by atoms with Crippen molar-refractivity contribution in [2.45, 2.75) is 18.6 Å². The molecule has 0 radical (unpaired) electrons. The molecule has 0 aromatic carbocycles. The number of hydrogen-bond acceptors (Lipinski definition) is 5. The maximum absolute atomic E-state index is 11.4. The summed E-state index contributed by atoms with van der Waals surface area (Å²) in [5, 5.41) is 7.20. The number of nitrogens with one attached hydrogen (secondary N) is 1. The zero-order valence-corrected chi connectivity index (χ0v) is 9.42. The van der Waals surface area contributed by atoms with Crippen molar-refractivity contribution in [3.05, 3.63) is 0 Å². The molecule has 0 saturated carbocycles. The number of esters is 1. The summed E-state index contributed by atoms with van der Waals surface area (Å²) in [6.45, 7) is 2.76. The Bertz CT molecular complexity index is 328. The molecule has 0 aliphatic carbocycles. The van der Waals surface area contributed by atoms with Crippen LogP contribution >= 0.6 is 0 Å². The van der Waals surface area contributed by atoms with Gasteiger partial charge in [-0.15, -0.1) is 0 Å². The second-order valence-corrected chi connectivity index (χ2v) is 5.40. The first-order valence-electron chi connectivity index (χ1n) is 4.84. The van der Waals surface area contributed by atoms with Gasteiger partial charge in [-0.25, -0.2) is 13.6 Å². The molecule has 0 amide bonds. The van der Waals surface area contributed by atoms with Gasteiger partial charge in [0.2, 0.25) is 10.0 Å². The highest BCUT2D eigenvalue weighted by molar-refractivity contribution is 7.89. The van der Waals surface area contributed by atoms with Crippen LogP contribution in [0.15, 0.2) is 0 Å². The van der Waals surface area contributed by atoms with E-state index in [2.05, 4.69) is 5.32 Å². The first-order valence-corrected chi connectivity index (χ1v) is 6.45. The summed E-state index contributed by atoms with van der Waals surface area (Å²) >= 11 is 0. The van der Waals surface area contributed by atoms with Crippen molar-refractivity contribution in [3.8, 4) is 0 Å². The van der Waals surface area contributed by atoms with Crippen molar-refractivity contribution >= 4 is 16.0 Å². The molecule has 0 aromatic heterocycles. The number of piperidine rings is 1. The Morgan fingerprint density at radius 2 is 2.20 bits per heavy atom. The van der Waals surface area contributed by atoms with E-state index in [0.717, 1.165) is 0 Å². The lowest BCUT2D eigenvalue weighted by Crippen LogP contribution is -2.48. The van der Waals surface area contributed by atoms with Crippen LogP contribution in [0.5, 0.6) is 0 Å². The lowest BCUT2D eigenvalue weighted by atomic mass is 10.00. The van der Waals surface area contributed by atoms with Crippen LogP contribution in [0.3, 0.4) is 0 Å². The van der Waals surface area contributed by atoms with Crippen LogP contribution in [0.2, 0.25) is 0 Å². The number of sulfonamides is 1. The average Bonchev–Trinajstić information content (AvgIpc) is 2.17. The molecule has 1 aliphatic rings. The minimum atomic E-state index is -3.58. The second kappa shape index (κ2) is 4.91. The van der Waals surface area contributed by atoms with Crippen molar-refractivity contribution in [1.82, 2.24) is 5.32 Å². The van der Waals surface area contributed by atoms with Crippen LogP contribution in [0.25, 0.3) is 0 Å². The van der Waals surface area contributed by atoms with E-state index in [1.807, 2.05) is 0 Å². The van der Waals surface area contributed by atoms with Gasteiger partial charge in [0, 0.05) is 13.1 Å². The summed E-state index contributed by atoms with van der Waals surface area (Å²) in [7, 11) is -3.58. The second-order valence-electron chi connectivity index (χ2n) is 3.55. The summed E-state index contributed by atoms with van der Waals surface area (Å²) in [6.07, 6.45) is 0.241. The van der Waals surface area contributed by atoms with Gasteiger partial charge in [-0.3, -0.25) is 4.79 Å². The van der Waals surface area contributed by atoms with E-state index < -0.39 is 21.2 Å². The quantitative estimate of drug-likeness (QED) is 0.601. The van der Waals surface area contributed by atoms with Crippen molar-refractivity contribution < 1.29 is 17.9 Å². The summed E-state index contributed by atoms with van der Waals surface area (Å²) in [5.74, 6) is -0.777. The normalized spacial score (nSPS) is 27.3. The zero-order valence-electron chi connectivity index (χ0n) is 8.60. The Balaban J connectivity index is 2.60. The first-order chi connectivity index (χ1) is 6.95. The number of ether oxygens (including phenoxy) is 1. The molecule has 7 heteroatoms. The number of rotatable bonds is 3. The van der Waals surface area contributed by atoms with E-state index in [-0.39, 0.29) is 12.4 Å². The molecular weight excluding hydrogens is 220 g/mol. The highest BCUT2D eigenvalue weighted by Crippen LogP contribution is 2.16. The number of primary sulfonamides is 1. The molecule has 1 saturated heterocycles. The molecule has 1 fully saturated rings. The molecular formula is C8H16N2O4S. The van der Waals surface area contributed by atoms with Gasteiger partial charge in [0.25, 0.3) is 0 Å². The van der Waals surface area contributed by atoms with E-state index in [9.17, 15) is 13.2 Å². The summed E-state index contributed by atoms with van der Waals surface area (Å²) in [6, 6.07) is 0. The average molecular weight is 236 g/mol. The van der Waals surface area contributed by atoms with E-state index in [1.165, 1.54) is 0 Å². The van der Waals surface area contributed by atoms with E-state index in [1.54, 1.807) is 6.92 Å². The zero-order chi connectivity index (χ0) is 11.5. The molecule has 1 aliphatic heterocycles. The molecule has 0 spiro atoms. The van der Waals surface area contributed by atoms with Crippen LogP contribution < -0.4 is 10.5 Å². The fourth-order valence-electron chi connectivity index (χ4n) is 1.59. The molecule has 15 heavy (non-hydrogen) atoms. The smallest absolute Gasteiger partial charge is 0.310 e. The van der Waals surface area contributed by atoms with Gasteiger partial charge >= 0.3 is 5.97 Å². The maximum Gasteiger partial charge on any atom is 0.310 e. The summed E-state index contributed by atoms with van der Waals surface area (Å²) in [5.41, 5.74) is 0. The molecule has 0 unspecified atom stereocenters. The Kier molecular flexibility index (Phi) is 4.06. The van der Waals surface area contributed by atoms with Crippen LogP contribution in [0.1, 0.15) is 13.3 Å². The molecule has 0 bridgehead atoms. The van der Waals surface area contributed by atoms with Crippen LogP contribution in [-0.2, 0) is 19.6 Å². The third kappa shape index (κ3) is 3.44. The van der Waals surface area contributed by atoms with Gasteiger partial charge in [-0.1, -0.05) is 0 Å². The predicted molar refractivity (Wildman–Crippen MR) is 54.5 cm³/mol. The van der Waals surface area contributed by atoms with Crippen molar-refractivity contribution in [2.75, 3.05) is 19.7 Å². The number of nitrogens with two attached hydrogens (primary N) is 1. The fraction of sp³-hybridized carbons (Fsp3) is 0.875. The summed E-state index contributed by atoms with van der Waals surface area (Å²) in [4.78, 5) is 11.4. The van der Waals surface area contributed by atoms with Gasteiger partial charge in [-0.05, 0) is 13.3 Å². The molecule has 1 rings (SSSR count). The number of hydrogen-bond donors (Lipinski definition) is 2. The molecule has 2 atom stereocenters. The van der Waals surface area contributed by atoms with E-state index in [4.69, 9.17) is 9.88 Å². The van der Waals surface area contributed by atoms with Gasteiger partial charge in [0.05, 0.1) is 17.8 Å². The van der Waals surface area contributed by atoms with Crippen LogP contribution in [-0.4, -0.2) is 39.3 Å². The van der Waals surface area contributed by atoms with E-state index >= 15 is 0 Å². The molecule has 88 valence electrons. The van der Waals surface area contributed by atoms with Gasteiger partial charge in [-0.2, -0.15) is 0 Å². The fourth-order valence-corrected chi connectivity index (χ4v) is 2.44. The lowest BCUT2D eigenvalue weighted by molar-refractivity contribution is -0.148. The topological polar surface area (TPSA) is 98.5 Å². The Morgan fingerprint density at radius 3 is 2.73 bits per heavy atom. The lowest BCUT2D eigenvalue weighted by Gasteiger charge is -2.26. The molecule has 0 aromatic rings. The Morgan fingerprint density at radius 1 is 1.53 bits per heavy atom. The monoisotopic (exact) mass is 236 g/mol. The molecule has 6 nitrogen and oxygen atoms in total. The minimum absolute atomic E-state index is 0.241. The summed E-state index contributed by atoms with van der Waals surface area (Å²) < 4.78 is 27.0.